The molecule has 0 atom stereocenters. The summed E-state index contributed by atoms with van der Waals surface area (Å²) in [5.74, 6) is 0.780. The van der Waals surface area contributed by atoms with Crippen LogP contribution >= 0.6 is 11.3 Å². The molecule has 2 N–H and O–H groups in total. The quantitative estimate of drug-likeness (QED) is 0.739. The van der Waals surface area contributed by atoms with Crippen LogP contribution in [0.1, 0.15) is 41.6 Å². The lowest BCUT2D eigenvalue weighted by Gasteiger charge is -2.20. The smallest absolute Gasteiger partial charge is 0.251 e. The van der Waals surface area contributed by atoms with Gasteiger partial charge in [0.2, 0.25) is 0 Å². The fraction of sp³-hybridized carbons (Fsp3) is 0.316. The average molecular weight is 354 g/mol. The monoisotopic (exact) mass is 354 g/mol. The zero-order chi connectivity index (χ0) is 18.0. The number of aryl methyl sites for hydroxylation is 1. The summed E-state index contributed by atoms with van der Waals surface area (Å²) in [4.78, 5) is 23.0. The molecule has 0 spiro atoms. The molecule has 0 aliphatic rings. The molecule has 0 unspecified atom stereocenters. The maximum atomic E-state index is 12.2. The van der Waals surface area contributed by atoms with Crippen LogP contribution in [0.3, 0.4) is 0 Å². The minimum absolute atomic E-state index is 0.0572. The van der Waals surface area contributed by atoms with E-state index in [-0.39, 0.29) is 11.4 Å². The lowest BCUT2D eigenvalue weighted by Crippen LogP contribution is -2.40. The highest BCUT2D eigenvalue weighted by Gasteiger charge is 2.15. The predicted octanol–water partition coefficient (Wildman–Crippen LogP) is 4.14. The second kappa shape index (κ2) is 6.80. The summed E-state index contributed by atoms with van der Waals surface area (Å²) in [6.45, 7) is 8.62. The van der Waals surface area contributed by atoms with Gasteiger partial charge in [0, 0.05) is 22.5 Å². The Morgan fingerprint density at radius 1 is 1.16 bits per heavy atom. The SMILES string of the molecule is Cc1cc2c(NCc3ccc(C(=O)NC(C)(C)C)cc3)ncnc2s1. The van der Waals surface area contributed by atoms with Crippen LogP contribution in [0.4, 0.5) is 5.82 Å². The number of carbonyl (C=O) groups excluding carboxylic acids is 1. The summed E-state index contributed by atoms with van der Waals surface area (Å²) < 4.78 is 0. The third-order valence-corrected chi connectivity index (χ3v) is 4.58. The Kier molecular flexibility index (Phi) is 4.72. The molecule has 0 aliphatic carbocycles. The Labute approximate surface area is 151 Å². The predicted molar refractivity (Wildman–Crippen MR) is 103 cm³/mol. The number of benzene rings is 1. The lowest BCUT2D eigenvalue weighted by molar-refractivity contribution is 0.0919. The molecule has 130 valence electrons. The lowest BCUT2D eigenvalue weighted by atomic mass is 10.1. The molecule has 2 aromatic heterocycles. The van der Waals surface area contributed by atoms with Gasteiger partial charge in [-0.1, -0.05) is 12.1 Å². The van der Waals surface area contributed by atoms with E-state index in [1.807, 2.05) is 45.0 Å². The van der Waals surface area contributed by atoms with Gasteiger partial charge in [0.05, 0.1) is 5.39 Å². The molecule has 3 aromatic rings. The molecule has 0 fully saturated rings. The Hall–Kier alpha value is -2.47. The second-order valence-corrected chi connectivity index (χ2v) is 8.29. The van der Waals surface area contributed by atoms with E-state index >= 15 is 0 Å². The molecule has 1 amide bonds. The van der Waals surface area contributed by atoms with Gasteiger partial charge in [-0.3, -0.25) is 4.79 Å². The van der Waals surface area contributed by atoms with E-state index in [0.717, 1.165) is 21.6 Å². The fourth-order valence-electron chi connectivity index (χ4n) is 2.49. The summed E-state index contributed by atoms with van der Waals surface area (Å²) in [6, 6.07) is 9.72. The van der Waals surface area contributed by atoms with E-state index in [2.05, 4.69) is 33.6 Å². The molecule has 25 heavy (non-hydrogen) atoms. The maximum absolute atomic E-state index is 12.2. The summed E-state index contributed by atoms with van der Waals surface area (Å²) in [5.41, 5.74) is 1.51. The van der Waals surface area contributed by atoms with Crippen molar-refractivity contribution in [2.24, 2.45) is 0 Å². The van der Waals surface area contributed by atoms with Crippen LogP contribution in [0.15, 0.2) is 36.7 Å². The number of hydrogen-bond acceptors (Lipinski definition) is 5. The van der Waals surface area contributed by atoms with E-state index in [1.54, 1.807) is 17.7 Å². The highest BCUT2D eigenvalue weighted by atomic mass is 32.1. The molecule has 2 heterocycles. The van der Waals surface area contributed by atoms with E-state index in [4.69, 9.17) is 0 Å². The molecular formula is C19H22N4OS. The number of fused-ring (bicyclic) bond motifs is 1. The third-order valence-electron chi connectivity index (χ3n) is 3.62. The average Bonchev–Trinajstić information content (AvgIpc) is 2.92. The van der Waals surface area contributed by atoms with Crippen LogP contribution in [-0.2, 0) is 6.54 Å². The third kappa shape index (κ3) is 4.33. The van der Waals surface area contributed by atoms with E-state index in [1.165, 1.54) is 4.88 Å². The first-order chi connectivity index (χ1) is 11.8. The molecule has 0 saturated heterocycles. The standard InChI is InChI=1S/C19H22N4OS/c1-12-9-15-16(21-11-22-18(15)25-12)20-10-13-5-7-14(8-6-13)17(24)23-19(2,3)4/h5-9,11H,10H2,1-4H3,(H,23,24)(H,20,21,22). The Morgan fingerprint density at radius 3 is 2.56 bits per heavy atom. The minimum atomic E-state index is -0.242. The summed E-state index contributed by atoms with van der Waals surface area (Å²) in [7, 11) is 0. The van der Waals surface area contributed by atoms with Crippen molar-refractivity contribution in [3.8, 4) is 0 Å². The maximum Gasteiger partial charge on any atom is 0.251 e. The molecule has 3 rings (SSSR count). The van der Waals surface area contributed by atoms with Gasteiger partial charge in [0.15, 0.2) is 0 Å². The molecule has 0 bridgehead atoms. The van der Waals surface area contributed by atoms with Crippen molar-refractivity contribution in [3.63, 3.8) is 0 Å². The van der Waals surface area contributed by atoms with E-state index < -0.39 is 0 Å². The number of thiophene rings is 1. The number of nitrogens with zero attached hydrogens (tertiary/aromatic N) is 2. The number of rotatable bonds is 4. The van der Waals surface area contributed by atoms with Crippen molar-refractivity contribution in [3.05, 3.63) is 52.7 Å². The summed E-state index contributed by atoms with van der Waals surface area (Å²) >= 11 is 1.66. The number of nitrogens with one attached hydrogen (secondary N) is 2. The summed E-state index contributed by atoms with van der Waals surface area (Å²) in [5, 5.41) is 7.37. The van der Waals surface area contributed by atoms with Crippen LogP contribution in [0.25, 0.3) is 10.2 Å². The highest BCUT2D eigenvalue weighted by Crippen LogP contribution is 2.27. The van der Waals surface area contributed by atoms with E-state index in [0.29, 0.717) is 12.1 Å². The van der Waals surface area contributed by atoms with Crippen LogP contribution in [0, 0.1) is 6.92 Å². The van der Waals surface area contributed by atoms with Crippen LogP contribution < -0.4 is 10.6 Å². The highest BCUT2D eigenvalue weighted by molar-refractivity contribution is 7.18. The normalized spacial score (nSPS) is 11.5. The first-order valence-electron chi connectivity index (χ1n) is 8.18. The summed E-state index contributed by atoms with van der Waals surface area (Å²) in [6.07, 6.45) is 1.58. The van der Waals surface area contributed by atoms with Crippen LogP contribution in [-0.4, -0.2) is 21.4 Å². The second-order valence-electron chi connectivity index (χ2n) is 7.05. The van der Waals surface area contributed by atoms with Gasteiger partial charge in [0.1, 0.15) is 17.0 Å². The van der Waals surface area contributed by atoms with Gasteiger partial charge in [-0.15, -0.1) is 11.3 Å². The largest absolute Gasteiger partial charge is 0.365 e. The zero-order valence-corrected chi connectivity index (χ0v) is 15.7. The molecule has 5 nitrogen and oxygen atoms in total. The molecule has 1 aromatic carbocycles. The fourth-order valence-corrected chi connectivity index (χ4v) is 3.34. The number of carbonyl (C=O) groups is 1. The molecule has 6 heteroatoms. The number of hydrogen-bond donors (Lipinski definition) is 2. The Morgan fingerprint density at radius 2 is 1.88 bits per heavy atom. The van der Waals surface area contributed by atoms with Gasteiger partial charge >= 0.3 is 0 Å². The Bertz CT molecular complexity index is 894. The van der Waals surface area contributed by atoms with E-state index in [9.17, 15) is 4.79 Å². The first-order valence-corrected chi connectivity index (χ1v) is 9.00. The number of amides is 1. The van der Waals surface area contributed by atoms with Crippen molar-refractivity contribution in [2.45, 2.75) is 39.8 Å². The minimum Gasteiger partial charge on any atom is -0.365 e. The van der Waals surface area contributed by atoms with Crippen LogP contribution in [0.2, 0.25) is 0 Å². The van der Waals surface area contributed by atoms with Crippen molar-refractivity contribution in [1.82, 2.24) is 15.3 Å². The molecule has 0 saturated carbocycles. The zero-order valence-electron chi connectivity index (χ0n) is 14.9. The van der Waals surface area contributed by atoms with Gasteiger partial charge in [-0.25, -0.2) is 9.97 Å². The first kappa shape index (κ1) is 17.4. The molecule has 0 radical (unpaired) electrons. The van der Waals surface area contributed by atoms with Gasteiger partial charge in [-0.05, 0) is 51.5 Å². The molecule has 0 aliphatic heterocycles. The number of aromatic nitrogens is 2. The number of anilines is 1. The Balaban J connectivity index is 1.68. The van der Waals surface area contributed by atoms with Gasteiger partial charge in [-0.2, -0.15) is 0 Å². The topological polar surface area (TPSA) is 66.9 Å². The van der Waals surface area contributed by atoms with Crippen molar-refractivity contribution in [2.75, 3.05) is 5.32 Å². The van der Waals surface area contributed by atoms with Crippen molar-refractivity contribution < 1.29 is 4.79 Å². The molecular weight excluding hydrogens is 332 g/mol. The van der Waals surface area contributed by atoms with Gasteiger partial charge < -0.3 is 10.6 Å². The van der Waals surface area contributed by atoms with Crippen molar-refractivity contribution in [1.29, 1.82) is 0 Å². The van der Waals surface area contributed by atoms with Crippen LogP contribution in [0.5, 0.6) is 0 Å². The van der Waals surface area contributed by atoms with Gasteiger partial charge in [0.25, 0.3) is 5.91 Å². The van der Waals surface area contributed by atoms with Crippen molar-refractivity contribution >= 4 is 33.3 Å².